The minimum absolute atomic E-state index is 0.0973. The molecule has 1 unspecified atom stereocenters. The molecule has 1 rings (SSSR count). The first-order valence-electron chi connectivity index (χ1n) is 5.12. The predicted octanol–water partition coefficient (Wildman–Crippen LogP) is 2.64. The smallest absolute Gasteiger partial charge is 0.341 e. The van der Waals surface area contributed by atoms with Crippen LogP contribution in [-0.2, 0) is 21.0 Å². The second-order valence-electron chi connectivity index (χ2n) is 3.71. The number of ether oxygens (including phenoxy) is 1. The minimum atomic E-state index is -4.50. The van der Waals surface area contributed by atoms with Crippen molar-refractivity contribution >= 4 is 25.8 Å². The molecular formula is C11H13BrF2O3S. The summed E-state index contributed by atoms with van der Waals surface area (Å²) in [7, 11) is -2.93. The molecule has 0 spiro atoms. The Balaban J connectivity index is 2.81. The topological polar surface area (TPSA) is 43.4 Å². The Morgan fingerprint density at radius 2 is 1.83 bits per heavy atom. The van der Waals surface area contributed by atoms with Gasteiger partial charge in [-0.3, -0.25) is 0 Å². The highest BCUT2D eigenvalue weighted by molar-refractivity contribution is 9.09. The molecule has 0 aliphatic rings. The van der Waals surface area contributed by atoms with E-state index >= 15 is 0 Å². The fraction of sp³-hybridized carbons (Fsp3) is 0.455. The first-order chi connectivity index (χ1) is 8.37. The zero-order valence-corrected chi connectivity index (χ0v) is 12.0. The van der Waals surface area contributed by atoms with Crippen LogP contribution in [0.3, 0.4) is 0 Å². The summed E-state index contributed by atoms with van der Waals surface area (Å²) in [6, 6.07) is 5.45. The van der Waals surface area contributed by atoms with Gasteiger partial charge in [0.15, 0.2) is 0 Å². The molecule has 0 fully saturated rings. The molecule has 7 heteroatoms. The van der Waals surface area contributed by atoms with E-state index in [-0.39, 0.29) is 9.72 Å². The van der Waals surface area contributed by atoms with Crippen LogP contribution < -0.4 is 0 Å². The zero-order valence-electron chi connectivity index (χ0n) is 9.65. The van der Waals surface area contributed by atoms with E-state index in [9.17, 15) is 17.2 Å². The average Bonchev–Trinajstić information content (AvgIpc) is 2.29. The van der Waals surface area contributed by atoms with Gasteiger partial charge < -0.3 is 4.74 Å². The van der Waals surface area contributed by atoms with Gasteiger partial charge in [0.1, 0.15) is 0 Å². The summed E-state index contributed by atoms with van der Waals surface area (Å²) in [5.41, 5.74) is 0.849. The van der Waals surface area contributed by atoms with E-state index in [1.807, 2.05) is 0 Å². The fourth-order valence-corrected chi connectivity index (χ4v) is 2.77. The molecule has 0 aliphatic carbocycles. The lowest BCUT2D eigenvalue weighted by atomic mass is 10.1. The van der Waals surface area contributed by atoms with Gasteiger partial charge in [0.2, 0.25) is 9.84 Å². The van der Waals surface area contributed by atoms with Gasteiger partial charge in [0.05, 0.1) is 11.5 Å². The van der Waals surface area contributed by atoms with E-state index in [0.29, 0.717) is 13.0 Å². The van der Waals surface area contributed by atoms with Crippen molar-refractivity contribution in [3.63, 3.8) is 0 Å². The molecule has 0 radical (unpaired) electrons. The van der Waals surface area contributed by atoms with Crippen molar-refractivity contribution in [3.05, 3.63) is 29.8 Å². The third-order valence-corrected chi connectivity index (χ3v) is 4.28. The van der Waals surface area contributed by atoms with Gasteiger partial charge in [-0.05, 0) is 24.1 Å². The lowest BCUT2D eigenvalue weighted by Gasteiger charge is -2.09. The minimum Gasteiger partial charge on any atom is -0.384 e. The highest BCUT2D eigenvalue weighted by Gasteiger charge is 2.26. The maximum Gasteiger partial charge on any atom is 0.341 e. The molecule has 0 bridgehead atoms. The van der Waals surface area contributed by atoms with Crippen LogP contribution >= 0.6 is 15.9 Å². The van der Waals surface area contributed by atoms with Crippen molar-refractivity contribution < 1.29 is 21.9 Å². The fourth-order valence-electron chi connectivity index (χ4n) is 1.41. The van der Waals surface area contributed by atoms with E-state index in [1.165, 1.54) is 24.3 Å². The first-order valence-corrected chi connectivity index (χ1v) is 7.58. The number of alkyl halides is 3. The van der Waals surface area contributed by atoms with Crippen LogP contribution in [0.25, 0.3) is 0 Å². The van der Waals surface area contributed by atoms with Crippen molar-refractivity contribution in [2.75, 3.05) is 13.7 Å². The maximum absolute atomic E-state index is 12.3. The first kappa shape index (κ1) is 15.5. The Morgan fingerprint density at radius 1 is 1.28 bits per heavy atom. The van der Waals surface area contributed by atoms with Crippen LogP contribution in [0.1, 0.15) is 5.56 Å². The molecule has 3 nitrogen and oxygen atoms in total. The van der Waals surface area contributed by atoms with Crippen molar-refractivity contribution in [2.45, 2.75) is 21.9 Å². The lowest BCUT2D eigenvalue weighted by Crippen LogP contribution is -2.12. The Bertz CT molecular complexity index is 474. The molecule has 0 N–H and O–H groups in total. The van der Waals surface area contributed by atoms with E-state index in [1.54, 1.807) is 7.11 Å². The molecular weight excluding hydrogens is 330 g/mol. The van der Waals surface area contributed by atoms with Crippen molar-refractivity contribution in [2.24, 2.45) is 0 Å². The molecule has 1 atom stereocenters. The van der Waals surface area contributed by atoms with Crippen LogP contribution in [0.5, 0.6) is 0 Å². The van der Waals surface area contributed by atoms with Crippen LogP contribution in [0.15, 0.2) is 29.2 Å². The van der Waals surface area contributed by atoms with Crippen LogP contribution in [0.4, 0.5) is 8.78 Å². The summed E-state index contributed by atoms with van der Waals surface area (Å²) in [4.78, 5) is -0.265. The molecule has 0 heterocycles. The Hall–Kier alpha value is -0.530. The zero-order chi connectivity index (χ0) is 13.8. The molecule has 0 saturated carbocycles. The number of sulfone groups is 1. The van der Waals surface area contributed by atoms with Gasteiger partial charge in [-0.15, -0.1) is 0 Å². The summed E-state index contributed by atoms with van der Waals surface area (Å²) in [6.07, 6.45) is 0.628. The molecule has 1 aromatic carbocycles. The summed E-state index contributed by atoms with van der Waals surface area (Å²) in [5.74, 6) is -3.39. The van der Waals surface area contributed by atoms with Gasteiger partial charge >= 0.3 is 5.76 Å². The molecule has 1 aromatic rings. The Morgan fingerprint density at radius 3 is 2.28 bits per heavy atom. The van der Waals surface area contributed by atoms with Crippen molar-refractivity contribution in [1.82, 2.24) is 0 Å². The third kappa shape index (κ3) is 4.00. The highest BCUT2D eigenvalue weighted by Crippen LogP contribution is 2.19. The van der Waals surface area contributed by atoms with Crippen molar-refractivity contribution in [3.8, 4) is 0 Å². The number of rotatable bonds is 6. The van der Waals surface area contributed by atoms with Crippen LogP contribution in [-0.4, -0.2) is 32.7 Å². The number of methoxy groups -OCH3 is 1. The van der Waals surface area contributed by atoms with Gasteiger partial charge in [-0.2, -0.15) is 8.78 Å². The normalized spacial score (nSPS) is 13.8. The summed E-state index contributed by atoms with van der Waals surface area (Å²) >= 11 is 3.39. The van der Waals surface area contributed by atoms with E-state index in [2.05, 4.69) is 15.9 Å². The monoisotopic (exact) mass is 342 g/mol. The Labute approximate surface area is 113 Å². The largest absolute Gasteiger partial charge is 0.384 e. The van der Waals surface area contributed by atoms with Gasteiger partial charge in [-0.1, -0.05) is 28.1 Å². The second kappa shape index (κ2) is 6.58. The third-order valence-electron chi connectivity index (χ3n) is 2.29. The quantitative estimate of drug-likeness (QED) is 0.746. The van der Waals surface area contributed by atoms with E-state index in [4.69, 9.17) is 4.74 Å². The average molecular weight is 343 g/mol. The predicted molar refractivity (Wildman–Crippen MR) is 67.9 cm³/mol. The standard InChI is InChI=1S/C11H13BrF2O3S/c1-17-7-9(12)6-8-2-4-10(5-3-8)18(15,16)11(13)14/h2-5,9,11H,6-7H2,1H3. The number of hydrogen-bond acceptors (Lipinski definition) is 3. The van der Waals surface area contributed by atoms with E-state index in [0.717, 1.165) is 5.56 Å². The highest BCUT2D eigenvalue weighted by atomic mass is 79.9. The summed E-state index contributed by atoms with van der Waals surface area (Å²) in [5, 5.41) is 0. The molecule has 102 valence electrons. The summed E-state index contributed by atoms with van der Waals surface area (Å²) < 4.78 is 51.9. The van der Waals surface area contributed by atoms with Crippen LogP contribution in [0.2, 0.25) is 0 Å². The van der Waals surface area contributed by atoms with Gasteiger partial charge in [0.25, 0.3) is 0 Å². The van der Waals surface area contributed by atoms with Crippen LogP contribution in [0, 0.1) is 0 Å². The maximum atomic E-state index is 12.3. The molecule has 0 amide bonds. The van der Waals surface area contributed by atoms with Crippen molar-refractivity contribution in [1.29, 1.82) is 0 Å². The van der Waals surface area contributed by atoms with E-state index < -0.39 is 15.6 Å². The SMILES string of the molecule is COCC(Br)Cc1ccc(S(=O)(=O)C(F)F)cc1. The number of benzene rings is 1. The molecule has 0 aromatic heterocycles. The number of halogens is 3. The second-order valence-corrected chi connectivity index (χ2v) is 6.92. The lowest BCUT2D eigenvalue weighted by molar-refractivity contribution is 0.200. The molecule has 18 heavy (non-hydrogen) atoms. The Kier molecular flexibility index (Phi) is 5.68. The number of hydrogen-bond donors (Lipinski definition) is 0. The summed E-state index contributed by atoms with van der Waals surface area (Å²) in [6.45, 7) is 0.511. The van der Waals surface area contributed by atoms with Gasteiger partial charge in [0, 0.05) is 11.9 Å². The molecule has 0 saturated heterocycles. The van der Waals surface area contributed by atoms with Gasteiger partial charge in [-0.25, -0.2) is 8.42 Å². The molecule has 0 aliphatic heterocycles.